The average Bonchev–Trinajstić information content (AvgIpc) is 2.84. The SMILES string of the molecule is Cc1ccc(C)c(NC(=O)CCN2c3ccccc3CC2C)c1. The van der Waals surface area contributed by atoms with Crippen LogP contribution in [0.4, 0.5) is 11.4 Å². The number of nitrogens with zero attached hydrogens (tertiary/aromatic N) is 1. The van der Waals surface area contributed by atoms with E-state index in [4.69, 9.17) is 0 Å². The third-order valence-electron chi connectivity index (χ3n) is 4.60. The van der Waals surface area contributed by atoms with E-state index in [0.29, 0.717) is 12.5 Å². The van der Waals surface area contributed by atoms with Crippen molar-refractivity contribution in [1.29, 1.82) is 0 Å². The van der Waals surface area contributed by atoms with E-state index in [1.165, 1.54) is 11.3 Å². The molecule has 1 atom stereocenters. The molecule has 2 aromatic carbocycles. The molecule has 1 N–H and O–H groups in total. The highest BCUT2D eigenvalue weighted by molar-refractivity contribution is 5.92. The van der Waals surface area contributed by atoms with Crippen LogP contribution >= 0.6 is 0 Å². The van der Waals surface area contributed by atoms with Crippen molar-refractivity contribution in [2.24, 2.45) is 0 Å². The first kappa shape index (κ1) is 15.6. The van der Waals surface area contributed by atoms with Crippen LogP contribution in [0.25, 0.3) is 0 Å². The van der Waals surface area contributed by atoms with Gasteiger partial charge in [0.25, 0.3) is 0 Å². The molecular formula is C20H24N2O. The third-order valence-corrected chi connectivity index (χ3v) is 4.60. The van der Waals surface area contributed by atoms with Crippen molar-refractivity contribution >= 4 is 17.3 Å². The molecule has 0 saturated carbocycles. The van der Waals surface area contributed by atoms with Gasteiger partial charge in [0.15, 0.2) is 0 Å². The van der Waals surface area contributed by atoms with Gasteiger partial charge in [0.1, 0.15) is 0 Å². The minimum Gasteiger partial charge on any atom is -0.368 e. The Morgan fingerprint density at radius 1 is 1.22 bits per heavy atom. The van der Waals surface area contributed by atoms with Gasteiger partial charge in [-0.1, -0.05) is 30.3 Å². The zero-order valence-electron chi connectivity index (χ0n) is 14.1. The molecule has 0 radical (unpaired) electrons. The standard InChI is InChI=1S/C20H24N2O/c1-14-8-9-15(2)18(12-14)21-20(23)10-11-22-16(3)13-17-6-4-5-7-19(17)22/h4-9,12,16H,10-11,13H2,1-3H3,(H,21,23). The van der Waals surface area contributed by atoms with E-state index < -0.39 is 0 Å². The number of rotatable bonds is 4. The summed E-state index contributed by atoms with van der Waals surface area (Å²) in [5.74, 6) is 0.0790. The van der Waals surface area contributed by atoms with E-state index in [2.05, 4.69) is 47.5 Å². The maximum atomic E-state index is 12.3. The second-order valence-corrected chi connectivity index (χ2v) is 6.49. The first-order valence-electron chi connectivity index (χ1n) is 8.26. The highest BCUT2D eigenvalue weighted by Crippen LogP contribution is 2.31. The molecule has 3 rings (SSSR count). The summed E-state index contributed by atoms with van der Waals surface area (Å²) in [5.41, 5.74) is 5.84. The highest BCUT2D eigenvalue weighted by atomic mass is 16.1. The smallest absolute Gasteiger partial charge is 0.226 e. The van der Waals surface area contributed by atoms with Crippen LogP contribution in [-0.4, -0.2) is 18.5 Å². The van der Waals surface area contributed by atoms with Gasteiger partial charge in [0, 0.05) is 30.4 Å². The van der Waals surface area contributed by atoms with Crippen molar-refractivity contribution in [3.63, 3.8) is 0 Å². The molecule has 0 bridgehead atoms. The summed E-state index contributed by atoms with van der Waals surface area (Å²) >= 11 is 0. The lowest BCUT2D eigenvalue weighted by molar-refractivity contribution is -0.116. The molecule has 0 aliphatic carbocycles. The van der Waals surface area contributed by atoms with Crippen LogP contribution in [0.1, 0.15) is 30.0 Å². The van der Waals surface area contributed by atoms with Crippen molar-refractivity contribution in [2.75, 3.05) is 16.8 Å². The van der Waals surface area contributed by atoms with E-state index in [0.717, 1.165) is 29.8 Å². The molecule has 1 aliphatic rings. The molecule has 1 amide bonds. The van der Waals surface area contributed by atoms with Crippen molar-refractivity contribution in [2.45, 2.75) is 39.7 Å². The molecule has 0 aromatic heterocycles. The Kier molecular flexibility index (Phi) is 4.37. The van der Waals surface area contributed by atoms with Gasteiger partial charge in [-0.2, -0.15) is 0 Å². The minimum atomic E-state index is 0.0790. The van der Waals surface area contributed by atoms with E-state index in [1.807, 2.05) is 26.0 Å². The molecule has 3 heteroatoms. The number of aryl methyl sites for hydroxylation is 2. The van der Waals surface area contributed by atoms with Gasteiger partial charge in [0.05, 0.1) is 0 Å². The fourth-order valence-corrected chi connectivity index (χ4v) is 3.28. The molecule has 1 heterocycles. The Balaban J connectivity index is 1.62. The van der Waals surface area contributed by atoms with Crippen molar-refractivity contribution in [3.05, 3.63) is 59.2 Å². The zero-order chi connectivity index (χ0) is 16.4. The molecule has 2 aromatic rings. The van der Waals surface area contributed by atoms with E-state index >= 15 is 0 Å². The van der Waals surface area contributed by atoms with Crippen molar-refractivity contribution in [1.82, 2.24) is 0 Å². The second kappa shape index (κ2) is 6.45. The molecule has 1 aliphatic heterocycles. The fraction of sp³-hybridized carbons (Fsp3) is 0.350. The maximum Gasteiger partial charge on any atom is 0.226 e. The quantitative estimate of drug-likeness (QED) is 0.923. The summed E-state index contributed by atoms with van der Waals surface area (Å²) < 4.78 is 0. The van der Waals surface area contributed by atoms with Gasteiger partial charge in [0.2, 0.25) is 5.91 Å². The lowest BCUT2D eigenvalue weighted by Crippen LogP contribution is -2.32. The number of hydrogen-bond acceptors (Lipinski definition) is 2. The molecule has 0 spiro atoms. The zero-order valence-corrected chi connectivity index (χ0v) is 14.1. The first-order valence-corrected chi connectivity index (χ1v) is 8.26. The normalized spacial score (nSPS) is 16.3. The van der Waals surface area contributed by atoms with Gasteiger partial charge in [-0.15, -0.1) is 0 Å². The fourth-order valence-electron chi connectivity index (χ4n) is 3.28. The largest absolute Gasteiger partial charge is 0.368 e. The minimum absolute atomic E-state index is 0.0790. The number of para-hydroxylation sites is 1. The molecular weight excluding hydrogens is 284 g/mol. The summed E-state index contributed by atoms with van der Waals surface area (Å²) in [7, 11) is 0. The Morgan fingerprint density at radius 3 is 2.83 bits per heavy atom. The predicted octanol–water partition coefficient (Wildman–Crippen LogP) is 4.08. The van der Waals surface area contributed by atoms with Gasteiger partial charge in [-0.05, 0) is 56.0 Å². The van der Waals surface area contributed by atoms with Crippen LogP contribution < -0.4 is 10.2 Å². The van der Waals surface area contributed by atoms with Crippen molar-refractivity contribution in [3.8, 4) is 0 Å². The second-order valence-electron chi connectivity index (χ2n) is 6.49. The van der Waals surface area contributed by atoms with Gasteiger partial charge in [-0.3, -0.25) is 4.79 Å². The number of amides is 1. The predicted molar refractivity (Wildman–Crippen MR) is 96.1 cm³/mol. The maximum absolute atomic E-state index is 12.3. The summed E-state index contributed by atoms with van der Waals surface area (Å²) in [6.45, 7) is 7.04. The lowest BCUT2D eigenvalue weighted by atomic mass is 10.1. The van der Waals surface area contributed by atoms with Crippen LogP contribution in [0.2, 0.25) is 0 Å². The molecule has 23 heavy (non-hydrogen) atoms. The summed E-state index contributed by atoms with van der Waals surface area (Å²) in [4.78, 5) is 14.7. The molecule has 0 fully saturated rings. The van der Waals surface area contributed by atoms with E-state index in [1.54, 1.807) is 0 Å². The van der Waals surface area contributed by atoms with Crippen LogP contribution in [0.15, 0.2) is 42.5 Å². The topological polar surface area (TPSA) is 32.3 Å². The molecule has 0 saturated heterocycles. The number of fused-ring (bicyclic) bond motifs is 1. The number of carbonyl (C=O) groups excluding carboxylic acids is 1. The summed E-state index contributed by atoms with van der Waals surface area (Å²) in [6, 6.07) is 15.1. The Labute approximate surface area is 138 Å². The number of carbonyl (C=O) groups is 1. The molecule has 3 nitrogen and oxygen atoms in total. The van der Waals surface area contributed by atoms with Crippen LogP contribution in [0, 0.1) is 13.8 Å². The van der Waals surface area contributed by atoms with Gasteiger partial charge in [-0.25, -0.2) is 0 Å². The van der Waals surface area contributed by atoms with E-state index in [9.17, 15) is 4.79 Å². The Hall–Kier alpha value is -2.29. The summed E-state index contributed by atoms with van der Waals surface area (Å²) in [6.07, 6.45) is 1.57. The summed E-state index contributed by atoms with van der Waals surface area (Å²) in [5, 5.41) is 3.05. The molecule has 1 unspecified atom stereocenters. The Morgan fingerprint density at radius 2 is 2.00 bits per heavy atom. The molecule has 120 valence electrons. The monoisotopic (exact) mass is 308 g/mol. The highest BCUT2D eigenvalue weighted by Gasteiger charge is 2.25. The number of nitrogens with one attached hydrogen (secondary N) is 1. The first-order chi connectivity index (χ1) is 11.0. The van der Waals surface area contributed by atoms with Crippen LogP contribution in [0.3, 0.4) is 0 Å². The van der Waals surface area contributed by atoms with Crippen molar-refractivity contribution < 1.29 is 4.79 Å². The number of hydrogen-bond donors (Lipinski definition) is 1. The average molecular weight is 308 g/mol. The van der Waals surface area contributed by atoms with Crippen LogP contribution in [0.5, 0.6) is 0 Å². The van der Waals surface area contributed by atoms with E-state index in [-0.39, 0.29) is 5.91 Å². The lowest BCUT2D eigenvalue weighted by Gasteiger charge is -2.24. The van der Waals surface area contributed by atoms with Crippen LogP contribution in [-0.2, 0) is 11.2 Å². The third kappa shape index (κ3) is 3.39. The number of benzene rings is 2. The Bertz CT molecular complexity index is 723. The number of anilines is 2. The van der Waals surface area contributed by atoms with Gasteiger partial charge < -0.3 is 10.2 Å². The van der Waals surface area contributed by atoms with Gasteiger partial charge >= 0.3 is 0 Å².